The van der Waals surface area contributed by atoms with Gasteiger partial charge in [-0.2, -0.15) is 5.10 Å². The van der Waals surface area contributed by atoms with Crippen LogP contribution in [0.1, 0.15) is 24.2 Å². The van der Waals surface area contributed by atoms with E-state index in [0.717, 1.165) is 24.3 Å². The molecule has 0 radical (unpaired) electrons. The lowest BCUT2D eigenvalue weighted by Crippen LogP contribution is -2.39. The van der Waals surface area contributed by atoms with Crippen molar-refractivity contribution >= 4 is 12.0 Å². The van der Waals surface area contributed by atoms with E-state index in [4.69, 9.17) is 0 Å². The zero-order valence-corrected chi connectivity index (χ0v) is 14.1. The molecular weight excluding hydrogens is 312 g/mol. The van der Waals surface area contributed by atoms with Crippen LogP contribution >= 0.6 is 0 Å². The maximum Gasteiger partial charge on any atom is 0.247 e. The Morgan fingerprint density at radius 3 is 2.84 bits per heavy atom. The number of benzene rings is 1. The predicted molar refractivity (Wildman–Crippen MR) is 97.2 cm³/mol. The lowest BCUT2D eigenvalue weighted by Gasteiger charge is -2.34. The SMILES string of the molecule is C[C@@H]1c2cccn2CCN1C(=O)/C=C/c1cnn(-c2ccccc2)c1. The van der Waals surface area contributed by atoms with Crippen molar-refractivity contribution in [1.82, 2.24) is 19.2 Å². The van der Waals surface area contributed by atoms with Crippen molar-refractivity contribution in [1.29, 1.82) is 0 Å². The van der Waals surface area contributed by atoms with Gasteiger partial charge in [0.25, 0.3) is 0 Å². The van der Waals surface area contributed by atoms with E-state index in [0.29, 0.717) is 0 Å². The van der Waals surface area contributed by atoms with Crippen LogP contribution in [0.3, 0.4) is 0 Å². The molecule has 25 heavy (non-hydrogen) atoms. The summed E-state index contributed by atoms with van der Waals surface area (Å²) < 4.78 is 4.02. The minimum Gasteiger partial charge on any atom is -0.348 e. The quantitative estimate of drug-likeness (QED) is 0.691. The van der Waals surface area contributed by atoms with Crippen LogP contribution in [0.25, 0.3) is 11.8 Å². The lowest BCUT2D eigenvalue weighted by atomic mass is 10.1. The van der Waals surface area contributed by atoms with Gasteiger partial charge in [0.1, 0.15) is 0 Å². The van der Waals surface area contributed by atoms with E-state index in [1.807, 2.05) is 53.6 Å². The van der Waals surface area contributed by atoms with Gasteiger partial charge < -0.3 is 9.47 Å². The van der Waals surface area contributed by atoms with Crippen LogP contribution in [-0.4, -0.2) is 31.7 Å². The van der Waals surface area contributed by atoms with Crippen LogP contribution in [0, 0.1) is 0 Å². The fraction of sp³-hybridized carbons (Fsp3) is 0.200. The average molecular weight is 332 g/mol. The smallest absolute Gasteiger partial charge is 0.247 e. The molecule has 0 unspecified atom stereocenters. The highest BCUT2D eigenvalue weighted by Gasteiger charge is 2.25. The maximum absolute atomic E-state index is 12.6. The van der Waals surface area contributed by atoms with E-state index in [1.165, 1.54) is 5.69 Å². The van der Waals surface area contributed by atoms with Gasteiger partial charge in [-0.05, 0) is 37.3 Å². The first-order valence-electron chi connectivity index (χ1n) is 8.46. The molecule has 0 bridgehead atoms. The Labute approximate surface area is 146 Å². The zero-order chi connectivity index (χ0) is 17.2. The number of hydrogen-bond donors (Lipinski definition) is 0. The Morgan fingerprint density at radius 2 is 2.00 bits per heavy atom. The normalized spacial score (nSPS) is 17.0. The van der Waals surface area contributed by atoms with E-state index < -0.39 is 0 Å². The third-order valence-corrected chi connectivity index (χ3v) is 4.67. The fourth-order valence-corrected chi connectivity index (χ4v) is 3.29. The minimum absolute atomic E-state index is 0.0346. The zero-order valence-electron chi connectivity index (χ0n) is 14.1. The van der Waals surface area contributed by atoms with Crippen molar-refractivity contribution in [2.24, 2.45) is 0 Å². The topological polar surface area (TPSA) is 43.1 Å². The van der Waals surface area contributed by atoms with Gasteiger partial charge in [-0.15, -0.1) is 0 Å². The molecular formula is C20H20N4O. The van der Waals surface area contributed by atoms with E-state index in [-0.39, 0.29) is 11.9 Å². The monoisotopic (exact) mass is 332 g/mol. The van der Waals surface area contributed by atoms with Gasteiger partial charge in [0.15, 0.2) is 0 Å². The van der Waals surface area contributed by atoms with Gasteiger partial charge in [0.05, 0.1) is 17.9 Å². The molecule has 1 aromatic carbocycles. The highest BCUT2D eigenvalue weighted by molar-refractivity contribution is 5.92. The summed E-state index contributed by atoms with van der Waals surface area (Å²) in [5.41, 5.74) is 3.09. The van der Waals surface area contributed by atoms with Crippen molar-refractivity contribution in [3.05, 3.63) is 78.4 Å². The highest BCUT2D eigenvalue weighted by Crippen LogP contribution is 2.25. The second-order valence-electron chi connectivity index (χ2n) is 6.22. The predicted octanol–water partition coefficient (Wildman–Crippen LogP) is 3.29. The van der Waals surface area contributed by atoms with Crippen LogP contribution < -0.4 is 0 Å². The Balaban J connectivity index is 1.47. The first-order valence-corrected chi connectivity index (χ1v) is 8.46. The number of nitrogens with zero attached hydrogens (tertiary/aromatic N) is 4. The van der Waals surface area contributed by atoms with E-state index in [9.17, 15) is 4.79 Å². The summed E-state index contributed by atoms with van der Waals surface area (Å²) in [7, 11) is 0. The molecule has 1 atom stereocenters. The number of aromatic nitrogens is 3. The second-order valence-corrected chi connectivity index (χ2v) is 6.22. The van der Waals surface area contributed by atoms with Gasteiger partial charge in [0, 0.05) is 42.8 Å². The third-order valence-electron chi connectivity index (χ3n) is 4.67. The minimum atomic E-state index is 0.0346. The standard InChI is InChI=1S/C20H20N4O/c1-16-19-8-5-11-22(19)12-13-23(16)20(25)10-9-17-14-21-24(15-17)18-6-3-2-4-7-18/h2-11,14-16H,12-13H2,1H3/b10-9+/t16-/m1/s1. The molecule has 1 aliphatic heterocycles. The van der Waals surface area contributed by atoms with Crippen molar-refractivity contribution < 1.29 is 4.79 Å². The molecule has 126 valence electrons. The molecule has 1 aliphatic rings. The maximum atomic E-state index is 12.6. The highest BCUT2D eigenvalue weighted by atomic mass is 16.2. The van der Waals surface area contributed by atoms with Crippen molar-refractivity contribution in [3.8, 4) is 5.69 Å². The molecule has 0 aliphatic carbocycles. The lowest BCUT2D eigenvalue weighted by molar-refractivity contribution is -0.129. The number of hydrogen-bond acceptors (Lipinski definition) is 2. The molecule has 2 aromatic heterocycles. The summed E-state index contributed by atoms with van der Waals surface area (Å²) in [6, 6.07) is 14.1. The van der Waals surface area contributed by atoms with Crippen LogP contribution in [-0.2, 0) is 11.3 Å². The summed E-state index contributed by atoms with van der Waals surface area (Å²) in [6.07, 6.45) is 9.23. The molecule has 0 N–H and O–H groups in total. The third kappa shape index (κ3) is 3.01. The largest absolute Gasteiger partial charge is 0.348 e. The van der Waals surface area contributed by atoms with Gasteiger partial charge >= 0.3 is 0 Å². The average Bonchev–Trinajstić information content (AvgIpc) is 3.30. The molecule has 0 fully saturated rings. The molecule has 1 amide bonds. The van der Waals surface area contributed by atoms with Crippen LogP contribution in [0.5, 0.6) is 0 Å². The van der Waals surface area contributed by atoms with Crippen LogP contribution in [0.2, 0.25) is 0 Å². The summed E-state index contributed by atoms with van der Waals surface area (Å²) in [5, 5.41) is 4.35. The Kier molecular flexibility index (Phi) is 3.98. The summed E-state index contributed by atoms with van der Waals surface area (Å²) in [4.78, 5) is 14.5. The van der Waals surface area contributed by atoms with E-state index >= 15 is 0 Å². The summed E-state index contributed by atoms with van der Waals surface area (Å²) >= 11 is 0. The number of rotatable bonds is 3. The Bertz CT molecular complexity index is 907. The van der Waals surface area contributed by atoms with Crippen molar-refractivity contribution in [2.45, 2.75) is 19.5 Å². The molecule has 0 saturated carbocycles. The van der Waals surface area contributed by atoms with Gasteiger partial charge in [-0.25, -0.2) is 4.68 Å². The molecule has 0 spiro atoms. The first kappa shape index (κ1) is 15.4. The Morgan fingerprint density at radius 1 is 1.16 bits per heavy atom. The summed E-state index contributed by atoms with van der Waals surface area (Å²) in [5.74, 6) is 0.0346. The first-order chi connectivity index (χ1) is 12.2. The molecule has 0 saturated heterocycles. The van der Waals surface area contributed by atoms with Crippen molar-refractivity contribution in [2.75, 3.05) is 6.54 Å². The molecule has 3 aromatic rings. The number of fused-ring (bicyclic) bond motifs is 1. The number of para-hydroxylation sites is 1. The number of carbonyl (C=O) groups is 1. The molecule has 4 rings (SSSR count). The van der Waals surface area contributed by atoms with Crippen LogP contribution in [0.4, 0.5) is 0 Å². The second kappa shape index (κ2) is 6.43. The van der Waals surface area contributed by atoms with E-state index in [1.54, 1.807) is 17.0 Å². The number of carbonyl (C=O) groups excluding carboxylic acids is 1. The molecule has 5 nitrogen and oxygen atoms in total. The van der Waals surface area contributed by atoms with Gasteiger partial charge in [-0.3, -0.25) is 4.79 Å². The van der Waals surface area contributed by atoms with E-state index in [2.05, 4.69) is 28.9 Å². The molecule has 5 heteroatoms. The molecule has 3 heterocycles. The Hall–Kier alpha value is -3.08. The van der Waals surface area contributed by atoms with Crippen LogP contribution in [0.15, 0.2) is 67.1 Å². The van der Waals surface area contributed by atoms with Gasteiger partial charge in [0.2, 0.25) is 5.91 Å². The fourth-order valence-electron chi connectivity index (χ4n) is 3.29. The van der Waals surface area contributed by atoms with Crippen molar-refractivity contribution in [3.63, 3.8) is 0 Å². The van der Waals surface area contributed by atoms with Gasteiger partial charge in [-0.1, -0.05) is 18.2 Å². The summed E-state index contributed by atoms with van der Waals surface area (Å²) in [6.45, 7) is 3.65. The number of amides is 1.